The molecule has 0 spiro atoms. The fourth-order valence-electron chi connectivity index (χ4n) is 1.23. The first-order chi connectivity index (χ1) is 6.86. The molecule has 0 unspecified atom stereocenters. The van der Waals surface area contributed by atoms with Crippen LogP contribution in [0.25, 0.3) is 0 Å². The van der Waals surface area contributed by atoms with Crippen LogP contribution in [0.4, 0.5) is 17.6 Å². The predicted octanol–water partition coefficient (Wildman–Crippen LogP) is 3.28. The fourth-order valence-corrected chi connectivity index (χ4v) is 1.23. The van der Waals surface area contributed by atoms with Crippen LogP contribution < -0.4 is 0 Å². The smallest absolute Gasteiger partial charge is 0.416 e. The Labute approximate surface area is 83.7 Å². The van der Waals surface area contributed by atoms with E-state index in [1.165, 1.54) is 6.08 Å². The first-order valence-electron chi connectivity index (χ1n) is 4.05. The number of phenolic OH excluding ortho intramolecular Hbond substituents is 1. The number of allylic oxidation sites excluding steroid dienone is 1. The van der Waals surface area contributed by atoms with Crippen molar-refractivity contribution in [3.63, 3.8) is 0 Å². The molecule has 0 aliphatic carbocycles. The Bertz CT molecular complexity index is 382. The number of aromatic hydroxyl groups is 1. The van der Waals surface area contributed by atoms with Gasteiger partial charge in [0.1, 0.15) is 11.6 Å². The van der Waals surface area contributed by atoms with Crippen molar-refractivity contribution in [3.8, 4) is 5.75 Å². The van der Waals surface area contributed by atoms with Gasteiger partial charge in [-0.3, -0.25) is 0 Å². The summed E-state index contributed by atoms with van der Waals surface area (Å²) in [5, 5.41) is 9.18. The second kappa shape index (κ2) is 3.92. The molecule has 0 heterocycles. The number of phenols is 1. The van der Waals surface area contributed by atoms with E-state index in [1.807, 2.05) is 0 Å². The van der Waals surface area contributed by atoms with Gasteiger partial charge >= 0.3 is 6.18 Å². The Morgan fingerprint density at radius 3 is 2.40 bits per heavy atom. The van der Waals surface area contributed by atoms with E-state index in [2.05, 4.69) is 6.58 Å². The highest BCUT2D eigenvalue weighted by Crippen LogP contribution is 2.36. The van der Waals surface area contributed by atoms with Crippen molar-refractivity contribution < 1.29 is 22.7 Å². The lowest BCUT2D eigenvalue weighted by atomic mass is 10.0. The van der Waals surface area contributed by atoms with Crippen LogP contribution in [0.2, 0.25) is 0 Å². The van der Waals surface area contributed by atoms with Gasteiger partial charge in [-0.15, -0.1) is 6.58 Å². The number of rotatable bonds is 2. The molecule has 1 aromatic carbocycles. The van der Waals surface area contributed by atoms with E-state index in [4.69, 9.17) is 0 Å². The predicted molar refractivity (Wildman–Crippen MR) is 47.0 cm³/mol. The topological polar surface area (TPSA) is 20.2 Å². The van der Waals surface area contributed by atoms with E-state index >= 15 is 0 Å². The zero-order chi connectivity index (χ0) is 11.6. The zero-order valence-electron chi connectivity index (χ0n) is 7.61. The largest absolute Gasteiger partial charge is 0.508 e. The summed E-state index contributed by atoms with van der Waals surface area (Å²) in [6.07, 6.45) is -3.64. The quantitative estimate of drug-likeness (QED) is 0.599. The number of hydrogen-bond acceptors (Lipinski definition) is 1. The minimum absolute atomic E-state index is 0.166. The second-order valence-electron chi connectivity index (χ2n) is 2.94. The molecule has 0 bridgehead atoms. The van der Waals surface area contributed by atoms with Crippen molar-refractivity contribution in [1.29, 1.82) is 0 Å². The van der Waals surface area contributed by atoms with Crippen molar-refractivity contribution in [2.45, 2.75) is 12.6 Å². The van der Waals surface area contributed by atoms with Crippen LogP contribution in [0.5, 0.6) is 5.75 Å². The molecule has 0 amide bonds. The number of halogens is 4. The van der Waals surface area contributed by atoms with Crippen LogP contribution in [0.3, 0.4) is 0 Å². The van der Waals surface area contributed by atoms with E-state index < -0.39 is 23.3 Å². The third-order valence-corrected chi connectivity index (χ3v) is 1.85. The highest BCUT2D eigenvalue weighted by Gasteiger charge is 2.34. The molecule has 0 radical (unpaired) electrons. The van der Waals surface area contributed by atoms with E-state index in [1.54, 1.807) is 0 Å². The third-order valence-electron chi connectivity index (χ3n) is 1.85. The first kappa shape index (κ1) is 11.6. The van der Waals surface area contributed by atoms with Crippen molar-refractivity contribution in [1.82, 2.24) is 0 Å². The first-order valence-corrected chi connectivity index (χ1v) is 4.05. The summed E-state index contributed by atoms with van der Waals surface area (Å²) in [7, 11) is 0. The molecule has 1 rings (SSSR count). The van der Waals surface area contributed by atoms with Gasteiger partial charge < -0.3 is 5.11 Å². The number of hydrogen-bond donors (Lipinski definition) is 1. The van der Waals surface area contributed by atoms with Crippen molar-refractivity contribution in [2.24, 2.45) is 0 Å². The zero-order valence-corrected chi connectivity index (χ0v) is 7.61. The standard InChI is InChI=1S/C10H8F4O/c1-2-3-7-8(10(12,13)14)4-6(11)5-9(7)15/h2,4-5,15H,1,3H2. The van der Waals surface area contributed by atoms with Gasteiger partial charge in [-0.2, -0.15) is 13.2 Å². The molecule has 0 fully saturated rings. The minimum Gasteiger partial charge on any atom is -0.508 e. The van der Waals surface area contributed by atoms with Crippen LogP contribution in [-0.2, 0) is 12.6 Å². The van der Waals surface area contributed by atoms with E-state index in [9.17, 15) is 22.7 Å². The van der Waals surface area contributed by atoms with Gasteiger partial charge in [0.25, 0.3) is 0 Å². The molecule has 0 atom stereocenters. The average Bonchev–Trinajstić information content (AvgIpc) is 2.07. The van der Waals surface area contributed by atoms with E-state index in [0.29, 0.717) is 12.1 Å². The molecule has 0 aromatic heterocycles. The Morgan fingerprint density at radius 1 is 1.33 bits per heavy atom. The maximum atomic E-state index is 12.7. The molecule has 1 aromatic rings. The molecule has 15 heavy (non-hydrogen) atoms. The Morgan fingerprint density at radius 2 is 1.93 bits per heavy atom. The van der Waals surface area contributed by atoms with Gasteiger partial charge in [0.15, 0.2) is 0 Å². The molecule has 82 valence electrons. The Balaban J connectivity index is 3.39. The molecular formula is C10H8F4O. The van der Waals surface area contributed by atoms with Gasteiger partial charge in [-0.25, -0.2) is 4.39 Å². The molecule has 0 aliphatic rings. The van der Waals surface area contributed by atoms with Gasteiger partial charge in [-0.05, 0) is 12.5 Å². The summed E-state index contributed by atoms with van der Waals surface area (Å²) in [6.45, 7) is 3.27. The summed E-state index contributed by atoms with van der Waals surface area (Å²) >= 11 is 0. The summed E-state index contributed by atoms with van der Waals surface area (Å²) in [5.41, 5.74) is -1.53. The number of benzene rings is 1. The van der Waals surface area contributed by atoms with Crippen molar-refractivity contribution in [3.05, 3.63) is 41.7 Å². The maximum Gasteiger partial charge on any atom is 0.416 e. The molecule has 0 saturated heterocycles. The van der Waals surface area contributed by atoms with Gasteiger partial charge in [0.05, 0.1) is 5.56 Å². The average molecular weight is 220 g/mol. The summed E-state index contributed by atoms with van der Waals surface area (Å²) < 4.78 is 50.0. The summed E-state index contributed by atoms with van der Waals surface area (Å²) in [4.78, 5) is 0. The molecule has 0 saturated carbocycles. The fraction of sp³-hybridized carbons (Fsp3) is 0.200. The summed E-state index contributed by atoms with van der Waals surface area (Å²) in [6, 6.07) is 1.01. The lowest BCUT2D eigenvalue weighted by Crippen LogP contribution is -2.09. The normalized spacial score (nSPS) is 11.5. The van der Waals surface area contributed by atoms with Crippen LogP contribution >= 0.6 is 0 Å². The number of alkyl halides is 3. The van der Waals surface area contributed by atoms with Crippen molar-refractivity contribution >= 4 is 0 Å². The van der Waals surface area contributed by atoms with Crippen LogP contribution in [0.1, 0.15) is 11.1 Å². The van der Waals surface area contributed by atoms with Crippen molar-refractivity contribution in [2.75, 3.05) is 0 Å². The van der Waals surface area contributed by atoms with Gasteiger partial charge in [-0.1, -0.05) is 6.08 Å². The maximum absolute atomic E-state index is 12.7. The molecule has 5 heteroatoms. The lowest BCUT2D eigenvalue weighted by Gasteiger charge is -2.13. The molecule has 1 N–H and O–H groups in total. The molecular weight excluding hydrogens is 212 g/mol. The molecule has 0 aliphatic heterocycles. The Hall–Kier alpha value is -1.52. The van der Waals surface area contributed by atoms with Crippen LogP contribution in [0.15, 0.2) is 24.8 Å². The third kappa shape index (κ3) is 2.49. The highest BCUT2D eigenvalue weighted by molar-refractivity contribution is 5.42. The highest BCUT2D eigenvalue weighted by atomic mass is 19.4. The molecule has 1 nitrogen and oxygen atoms in total. The van der Waals surface area contributed by atoms with Gasteiger partial charge in [0, 0.05) is 11.6 Å². The van der Waals surface area contributed by atoms with E-state index in [-0.39, 0.29) is 12.0 Å². The second-order valence-corrected chi connectivity index (χ2v) is 2.94. The Kier molecular flexibility index (Phi) is 3.02. The lowest BCUT2D eigenvalue weighted by molar-refractivity contribution is -0.138. The van der Waals surface area contributed by atoms with Crippen LogP contribution in [0, 0.1) is 5.82 Å². The van der Waals surface area contributed by atoms with E-state index in [0.717, 1.165) is 0 Å². The van der Waals surface area contributed by atoms with Gasteiger partial charge in [0.2, 0.25) is 0 Å². The summed E-state index contributed by atoms with van der Waals surface area (Å²) in [5.74, 6) is -1.82. The minimum atomic E-state index is -4.68. The SMILES string of the molecule is C=CCc1c(O)cc(F)cc1C(F)(F)F. The van der Waals surface area contributed by atoms with Crippen LogP contribution in [-0.4, -0.2) is 5.11 Å². The monoisotopic (exact) mass is 220 g/mol.